The molecule has 0 aliphatic heterocycles. The van der Waals surface area contributed by atoms with Crippen LogP contribution in [0.1, 0.15) is 43.4 Å². The SMILES string of the molecule is CC(C)c1ccccc1[C@@H](O)CC(=O)O. The molecule has 2 N–H and O–H groups in total. The van der Waals surface area contributed by atoms with E-state index in [1.165, 1.54) is 0 Å². The maximum atomic E-state index is 10.5. The third kappa shape index (κ3) is 3.06. The second-order valence-corrected chi connectivity index (χ2v) is 3.90. The summed E-state index contributed by atoms with van der Waals surface area (Å²) < 4.78 is 0. The summed E-state index contributed by atoms with van der Waals surface area (Å²) >= 11 is 0. The quantitative estimate of drug-likeness (QED) is 0.798. The zero-order valence-corrected chi connectivity index (χ0v) is 8.97. The average molecular weight is 208 g/mol. The van der Waals surface area contributed by atoms with Crippen LogP contribution in [0.4, 0.5) is 0 Å². The number of hydrogen-bond donors (Lipinski definition) is 2. The van der Waals surface area contributed by atoms with E-state index in [2.05, 4.69) is 0 Å². The van der Waals surface area contributed by atoms with Gasteiger partial charge in [-0.2, -0.15) is 0 Å². The highest BCUT2D eigenvalue weighted by Crippen LogP contribution is 2.26. The molecule has 0 fully saturated rings. The predicted octanol–water partition coefficient (Wildman–Crippen LogP) is 2.32. The topological polar surface area (TPSA) is 57.5 Å². The molecule has 0 unspecified atom stereocenters. The molecule has 1 atom stereocenters. The first kappa shape index (κ1) is 11.7. The molecule has 0 spiro atoms. The summed E-state index contributed by atoms with van der Waals surface area (Å²) in [7, 11) is 0. The molecule has 0 radical (unpaired) electrons. The number of hydrogen-bond acceptors (Lipinski definition) is 2. The third-order valence-corrected chi connectivity index (χ3v) is 2.34. The van der Waals surface area contributed by atoms with Crippen molar-refractivity contribution in [2.45, 2.75) is 32.3 Å². The summed E-state index contributed by atoms with van der Waals surface area (Å²) in [5, 5.41) is 18.4. The van der Waals surface area contributed by atoms with Gasteiger partial charge in [0.2, 0.25) is 0 Å². The van der Waals surface area contributed by atoms with Crippen molar-refractivity contribution in [3.63, 3.8) is 0 Å². The molecule has 0 aliphatic carbocycles. The van der Waals surface area contributed by atoms with Crippen LogP contribution in [0.25, 0.3) is 0 Å². The van der Waals surface area contributed by atoms with E-state index in [4.69, 9.17) is 5.11 Å². The minimum atomic E-state index is -0.985. The van der Waals surface area contributed by atoms with Crippen molar-refractivity contribution in [3.05, 3.63) is 35.4 Å². The van der Waals surface area contributed by atoms with E-state index in [1.54, 1.807) is 6.07 Å². The van der Waals surface area contributed by atoms with Gasteiger partial charge in [-0.05, 0) is 17.0 Å². The van der Waals surface area contributed by atoms with Crippen LogP contribution >= 0.6 is 0 Å². The first-order valence-electron chi connectivity index (χ1n) is 5.01. The molecule has 0 saturated carbocycles. The summed E-state index contributed by atoms with van der Waals surface area (Å²) in [6.07, 6.45) is -1.16. The lowest BCUT2D eigenvalue weighted by molar-refractivity contribution is -0.139. The first-order chi connectivity index (χ1) is 7.02. The minimum absolute atomic E-state index is 0.246. The van der Waals surface area contributed by atoms with Crippen molar-refractivity contribution in [2.24, 2.45) is 0 Å². The highest BCUT2D eigenvalue weighted by molar-refractivity contribution is 5.67. The normalized spacial score (nSPS) is 12.8. The molecule has 0 bridgehead atoms. The van der Waals surface area contributed by atoms with Crippen LogP contribution in [0.3, 0.4) is 0 Å². The first-order valence-corrected chi connectivity index (χ1v) is 5.01. The maximum Gasteiger partial charge on any atom is 0.306 e. The number of carboxylic acid groups (broad SMARTS) is 1. The fourth-order valence-corrected chi connectivity index (χ4v) is 1.62. The third-order valence-electron chi connectivity index (χ3n) is 2.34. The number of aliphatic carboxylic acids is 1. The lowest BCUT2D eigenvalue weighted by Gasteiger charge is -2.16. The second kappa shape index (κ2) is 4.94. The average Bonchev–Trinajstić information content (AvgIpc) is 2.16. The van der Waals surface area contributed by atoms with Crippen molar-refractivity contribution in [1.82, 2.24) is 0 Å². The van der Waals surface area contributed by atoms with E-state index in [-0.39, 0.29) is 12.3 Å². The summed E-state index contributed by atoms with van der Waals surface area (Å²) in [6.45, 7) is 4.04. The van der Waals surface area contributed by atoms with Gasteiger partial charge in [0.1, 0.15) is 0 Å². The van der Waals surface area contributed by atoms with Crippen molar-refractivity contribution in [3.8, 4) is 0 Å². The van der Waals surface area contributed by atoms with E-state index >= 15 is 0 Å². The molecule has 0 amide bonds. The molecule has 15 heavy (non-hydrogen) atoms. The van der Waals surface area contributed by atoms with Gasteiger partial charge in [-0.1, -0.05) is 38.1 Å². The maximum absolute atomic E-state index is 10.5. The fourth-order valence-electron chi connectivity index (χ4n) is 1.62. The van der Waals surface area contributed by atoms with Gasteiger partial charge in [-0.3, -0.25) is 4.79 Å². The molecule has 0 aliphatic rings. The lowest BCUT2D eigenvalue weighted by atomic mass is 9.93. The van der Waals surface area contributed by atoms with Gasteiger partial charge in [-0.25, -0.2) is 0 Å². The van der Waals surface area contributed by atoms with Crippen molar-refractivity contribution in [2.75, 3.05) is 0 Å². The zero-order chi connectivity index (χ0) is 11.4. The van der Waals surface area contributed by atoms with Crippen molar-refractivity contribution >= 4 is 5.97 Å². The second-order valence-electron chi connectivity index (χ2n) is 3.90. The van der Waals surface area contributed by atoms with E-state index in [9.17, 15) is 9.90 Å². The lowest BCUT2D eigenvalue weighted by Crippen LogP contribution is -2.08. The monoisotopic (exact) mass is 208 g/mol. The molecule has 0 heterocycles. The summed E-state index contributed by atoms with van der Waals surface area (Å²) in [6, 6.07) is 7.41. The number of rotatable bonds is 4. The largest absolute Gasteiger partial charge is 0.481 e. The van der Waals surface area contributed by atoms with Crippen LogP contribution in [0.15, 0.2) is 24.3 Å². The van der Waals surface area contributed by atoms with Crippen LogP contribution < -0.4 is 0 Å². The highest BCUT2D eigenvalue weighted by Gasteiger charge is 2.16. The molecule has 1 aromatic rings. The van der Waals surface area contributed by atoms with Crippen LogP contribution in [-0.4, -0.2) is 16.2 Å². The van der Waals surface area contributed by atoms with E-state index in [0.29, 0.717) is 0 Å². The minimum Gasteiger partial charge on any atom is -0.481 e. The van der Waals surface area contributed by atoms with Gasteiger partial charge in [0.05, 0.1) is 12.5 Å². The Hall–Kier alpha value is -1.35. The molecule has 3 heteroatoms. The Kier molecular flexibility index (Phi) is 3.86. The molecular formula is C12H16O3. The molecule has 3 nitrogen and oxygen atoms in total. The smallest absolute Gasteiger partial charge is 0.306 e. The number of aliphatic hydroxyl groups excluding tert-OH is 1. The van der Waals surface area contributed by atoms with Crippen LogP contribution in [0.2, 0.25) is 0 Å². The van der Waals surface area contributed by atoms with Gasteiger partial charge in [0, 0.05) is 0 Å². The fraction of sp³-hybridized carbons (Fsp3) is 0.417. The molecular weight excluding hydrogens is 192 g/mol. The van der Waals surface area contributed by atoms with Crippen LogP contribution in [0, 0.1) is 0 Å². The standard InChI is InChI=1S/C12H16O3/c1-8(2)9-5-3-4-6-10(9)11(13)7-12(14)15/h3-6,8,11,13H,7H2,1-2H3,(H,14,15)/t11-/m0/s1. The zero-order valence-electron chi connectivity index (χ0n) is 8.97. The Bertz CT molecular complexity index is 344. The van der Waals surface area contributed by atoms with Gasteiger partial charge < -0.3 is 10.2 Å². The van der Waals surface area contributed by atoms with E-state index in [0.717, 1.165) is 11.1 Å². The Morgan fingerprint density at radius 3 is 2.27 bits per heavy atom. The molecule has 0 aromatic heterocycles. The van der Waals surface area contributed by atoms with Crippen molar-refractivity contribution < 1.29 is 15.0 Å². The highest BCUT2D eigenvalue weighted by atomic mass is 16.4. The Morgan fingerprint density at radius 1 is 1.27 bits per heavy atom. The summed E-state index contributed by atoms with van der Waals surface area (Å²) in [5.74, 6) is -0.703. The number of carbonyl (C=O) groups is 1. The van der Waals surface area contributed by atoms with Crippen LogP contribution in [0.5, 0.6) is 0 Å². The van der Waals surface area contributed by atoms with Crippen LogP contribution in [-0.2, 0) is 4.79 Å². The Labute approximate surface area is 89.4 Å². The molecule has 0 saturated heterocycles. The van der Waals surface area contributed by atoms with Gasteiger partial charge in [-0.15, -0.1) is 0 Å². The van der Waals surface area contributed by atoms with Crippen molar-refractivity contribution in [1.29, 1.82) is 0 Å². The number of benzene rings is 1. The number of aliphatic hydroxyl groups is 1. The number of carboxylic acids is 1. The summed E-state index contributed by atoms with van der Waals surface area (Å²) in [5.41, 5.74) is 1.72. The van der Waals surface area contributed by atoms with Gasteiger partial charge in [0.25, 0.3) is 0 Å². The van der Waals surface area contributed by atoms with E-state index < -0.39 is 12.1 Å². The molecule has 1 aromatic carbocycles. The summed E-state index contributed by atoms with van der Waals surface area (Å²) in [4.78, 5) is 10.5. The Balaban J connectivity index is 2.97. The molecule has 1 rings (SSSR count). The van der Waals surface area contributed by atoms with E-state index in [1.807, 2.05) is 32.0 Å². The molecule has 82 valence electrons. The Morgan fingerprint density at radius 2 is 1.80 bits per heavy atom. The van der Waals surface area contributed by atoms with Gasteiger partial charge in [0.15, 0.2) is 0 Å². The predicted molar refractivity (Wildman–Crippen MR) is 57.7 cm³/mol. The van der Waals surface area contributed by atoms with Gasteiger partial charge >= 0.3 is 5.97 Å².